The number of ether oxygens (including phenoxy) is 1. The fraction of sp³-hybridized carbons (Fsp3) is 0.353. The summed E-state index contributed by atoms with van der Waals surface area (Å²) in [6.45, 7) is 0. The molecule has 1 N–H and O–H groups in total. The summed E-state index contributed by atoms with van der Waals surface area (Å²) in [6.07, 6.45) is 6.05. The standard InChI is InChI=1S/C17H18FN3O3/c1-24-15-8-7-14-16(20-15)12(13(18)10-19-14)6-5-11-4-2-3-9-21(11)17(22)23/h3,7-11H,2,4-6H2,1H3,(H,22,23)/t11-/m1/s1. The highest BCUT2D eigenvalue weighted by molar-refractivity contribution is 5.78. The van der Waals surface area contributed by atoms with Crippen LogP contribution in [0.4, 0.5) is 9.18 Å². The van der Waals surface area contributed by atoms with Crippen molar-refractivity contribution in [2.45, 2.75) is 31.7 Å². The van der Waals surface area contributed by atoms with E-state index in [0.717, 1.165) is 12.8 Å². The van der Waals surface area contributed by atoms with Crippen LogP contribution in [-0.4, -0.2) is 39.2 Å². The first kappa shape index (κ1) is 16.2. The summed E-state index contributed by atoms with van der Waals surface area (Å²) >= 11 is 0. The maximum absolute atomic E-state index is 14.3. The van der Waals surface area contributed by atoms with E-state index in [1.165, 1.54) is 18.2 Å². The number of nitrogens with zero attached hydrogens (tertiary/aromatic N) is 3. The lowest BCUT2D eigenvalue weighted by Crippen LogP contribution is -2.37. The van der Waals surface area contributed by atoms with Gasteiger partial charge in [0.15, 0.2) is 0 Å². The predicted octanol–water partition coefficient (Wildman–Crippen LogP) is 3.37. The largest absolute Gasteiger partial charge is 0.481 e. The molecule has 0 unspecified atom stereocenters. The summed E-state index contributed by atoms with van der Waals surface area (Å²) < 4.78 is 19.4. The van der Waals surface area contributed by atoms with E-state index in [1.54, 1.807) is 18.3 Å². The first-order valence-electron chi connectivity index (χ1n) is 7.76. The molecule has 6 nitrogen and oxygen atoms in total. The topological polar surface area (TPSA) is 75.5 Å². The number of rotatable bonds is 4. The molecule has 0 aromatic carbocycles. The molecule has 0 saturated heterocycles. The normalized spacial score (nSPS) is 17.2. The summed E-state index contributed by atoms with van der Waals surface area (Å²) in [5.41, 5.74) is 1.49. The maximum Gasteiger partial charge on any atom is 0.411 e. The number of fused-ring (bicyclic) bond motifs is 1. The van der Waals surface area contributed by atoms with Crippen molar-refractivity contribution in [1.82, 2.24) is 14.9 Å². The summed E-state index contributed by atoms with van der Waals surface area (Å²) in [4.78, 5) is 20.9. The molecule has 0 radical (unpaired) electrons. The molecule has 0 fully saturated rings. The van der Waals surface area contributed by atoms with Gasteiger partial charge in [-0.2, -0.15) is 0 Å². The maximum atomic E-state index is 14.3. The molecule has 126 valence electrons. The van der Waals surface area contributed by atoms with Crippen molar-refractivity contribution in [2.75, 3.05) is 7.11 Å². The molecule has 0 aliphatic carbocycles. The van der Waals surface area contributed by atoms with E-state index in [0.29, 0.717) is 35.3 Å². The Balaban J connectivity index is 1.88. The molecule has 1 atom stereocenters. The van der Waals surface area contributed by atoms with E-state index < -0.39 is 11.9 Å². The van der Waals surface area contributed by atoms with E-state index in [1.807, 2.05) is 6.08 Å². The van der Waals surface area contributed by atoms with Gasteiger partial charge in [0.05, 0.1) is 24.3 Å². The van der Waals surface area contributed by atoms with Gasteiger partial charge in [-0.25, -0.2) is 14.2 Å². The molecule has 1 amide bonds. The molecular weight excluding hydrogens is 313 g/mol. The van der Waals surface area contributed by atoms with Crippen LogP contribution in [0.3, 0.4) is 0 Å². The van der Waals surface area contributed by atoms with E-state index in [9.17, 15) is 14.3 Å². The minimum Gasteiger partial charge on any atom is -0.481 e. The third-order valence-electron chi connectivity index (χ3n) is 4.22. The Morgan fingerprint density at radius 3 is 3.08 bits per heavy atom. The molecule has 3 heterocycles. The van der Waals surface area contributed by atoms with Crippen molar-refractivity contribution >= 4 is 17.1 Å². The quantitative estimate of drug-likeness (QED) is 0.929. The molecule has 0 saturated carbocycles. The monoisotopic (exact) mass is 331 g/mol. The number of hydrogen-bond donors (Lipinski definition) is 1. The zero-order chi connectivity index (χ0) is 17.1. The molecule has 1 aliphatic rings. The number of allylic oxidation sites excluding steroid dienone is 1. The molecule has 3 rings (SSSR count). The Bertz CT molecular complexity index is 794. The van der Waals surface area contributed by atoms with Gasteiger partial charge < -0.3 is 9.84 Å². The van der Waals surface area contributed by atoms with Crippen LogP contribution in [0.25, 0.3) is 11.0 Å². The third-order valence-corrected chi connectivity index (χ3v) is 4.22. The van der Waals surface area contributed by atoms with Crippen LogP contribution in [0.15, 0.2) is 30.6 Å². The van der Waals surface area contributed by atoms with Gasteiger partial charge in [0, 0.05) is 23.9 Å². The van der Waals surface area contributed by atoms with E-state index in [2.05, 4.69) is 9.97 Å². The molecule has 2 aromatic heterocycles. The van der Waals surface area contributed by atoms with Crippen LogP contribution >= 0.6 is 0 Å². The second kappa shape index (κ2) is 6.82. The van der Waals surface area contributed by atoms with Gasteiger partial charge in [0.25, 0.3) is 0 Å². The first-order chi connectivity index (χ1) is 11.6. The Labute approximate surface area is 138 Å². The fourth-order valence-corrected chi connectivity index (χ4v) is 2.98. The number of pyridine rings is 2. The highest BCUT2D eigenvalue weighted by Gasteiger charge is 2.24. The van der Waals surface area contributed by atoms with Gasteiger partial charge in [-0.15, -0.1) is 0 Å². The lowest BCUT2D eigenvalue weighted by molar-refractivity contribution is 0.140. The van der Waals surface area contributed by atoms with Crippen LogP contribution in [-0.2, 0) is 6.42 Å². The van der Waals surface area contributed by atoms with Crippen molar-refractivity contribution in [3.63, 3.8) is 0 Å². The lowest BCUT2D eigenvalue weighted by Gasteiger charge is -2.29. The van der Waals surface area contributed by atoms with Crippen LogP contribution < -0.4 is 4.74 Å². The van der Waals surface area contributed by atoms with Crippen molar-refractivity contribution < 1.29 is 19.0 Å². The number of hydrogen-bond acceptors (Lipinski definition) is 4. The average molecular weight is 331 g/mol. The van der Waals surface area contributed by atoms with E-state index >= 15 is 0 Å². The third kappa shape index (κ3) is 3.15. The van der Waals surface area contributed by atoms with Crippen molar-refractivity contribution in [2.24, 2.45) is 0 Å². The summed E-state index contributed by atoms with van der Waals surface area (Å²) in [6, 6.07) is 3.24. The minimum atomic E-state index is -0.990. The Morgan fingerprint density at radius 2 is 2.33 bits per heavy atom. The highest BCUT2D eigenvalue weighted by atomic mass is 19.1. The number of amides is 1. The van der Waals surface area contributed by atoms with Gasteiger partial charge >= 0.3 is 6.09 Å². The summed E-state index contributed by atoms with van der Waals surface area (Å²) in [5.74, 6) is -0.0413. The lowest BCUT2D eigenvalue weighted by atomic mass is 9.98. The van der Waals surface area contributed by atoms with Crippen molar-refractivity contribution in [3.05, 3.63) is 42.0 Å². The second-order valence-corrected chi connectivity index (χ2v) is 5.65. The number of aryl methyl sites for hydroxylation is 1. The fourth-order valence-electron chi connectivity index (χ4n) is 2.98. The van der Waals surface area contributed by atoms with Crippen LogP contribution in [0.5, 0.6) is 5.88 Å². The van der Waals surface area contributed by atoms with Crippen LogP contribution in [0.1, 0.15) is 24.8 Å². The minimum absolute atomic E-state index is 0.166. The average Bonchev–Trinajstić information content (AvgIpc) is 2.60. The number of carbonyl (C=O) groups is 1. The SMILES string of the molecule is COc1ccc2ncc(F)c(CC[C@H]3CCC=CN3C(=O)O)c2n1. The van der Waals surface area contributed by atoms with Gasteiger partial charge in [0.2, 0.25) is 5.88 Å². The number of halogens is 1. The van der Waals surface area contributed by atoms with Gasteiger partial charge in [-0.3, -0.25) is 9.88 Å². The molecule has 2 aromatic rings. The Kier molecular flexibility index (Phi) is 4.59. The molecular formula is C17H18FN3O3. The number of carboxylic acid groups (broad SMARTS) is 1. The van der Waals surface area contributed by atoms with Crippen LogP contribution in [0.2, 0.25) is 0 Å². The van der Waals surface area contributed by atoms with Crippen LogP contribution in [0, 0.1) is 5.82 Å². The van der Waals surface area contributed by atoms with Gasteiger partial charge in [-0.1, -0.05) is 6.08 Å². The molecule has 0 bridgehead atoms. The zero-order valence-corrected chi connectivity index (χ0v) is 13.3. The van der Waals surface area contributed by atoms with Crippen molar-refractivity contribution in [3.8, 4) is 5.88 Å². The van der Waals surface area contributed by atoms with Gasteiger partial charge in [0.1, 0.15) is 5.82 Å². The smallest absolute Gasteiger partial charge is 0.411 e. The zero-order valence-electron chi connectivity index (χ0n) is 13.3. The summed E-state index contributed by atoms with van der Waals surface area (Å²) in [7, 11) is 1.50. The molecule has 0 spiro atoms. The highest BCUT2D eigenvalue weighted by Crippen LogP contribution is 2.25. The number of aromatic nitrogens is 2. The Morgan fingerprint density at radius 1 is 1.50 bits per heavy atom. The predicted molar refractivity (Wildman–Crippen MR) is 86.4 cm³/mol. The van der Waals surface area contributed by atoms with Gasteiger partial charge in [-0.05, 0) is 31.7 Å². The van der Waals surface area contributed by atoms with Crippen molar-refractivity contribution in [1.29, 1.82) is 0 Å². The Hall–Kier alpha value is -2.70. The van der Waals surface area contributed by atoms with E-state index in [4.69, 9.17) is 4.74 Å². The molecule has 24 heavy (non-hydrogen) atoms. The van der Waals surface area contributed by atoms with E-state index in [-0.39, 0.29) is 6.04 Å². The molecule has 7 heteroatoms. The summed E-state index contributed by atoms with van der Waals surface area (Å²) in [5, 5.41) is 9.26. The number of methoxy groups -OCH3 is 1. The second-order valence-electron chi connectivity index (χ2n) is 5.65. The molecule has 1 aliphatic heterocycles. The first-order valence-corrected chi connectivity index (χ1v) is 7.76.